The summed E-state index contributed by atoms with van der Waals surface area (Å²) in [6, 6.07) is 0.104. The third-order valence-corrected chi connectivity index (χ3v) is 3.81. The van der Waals surface area contributed by atoms with Crippen molar-refractivity contribution in [2.24, 2.45) is 0 Å². The van der Waals surface area contributed by atoms with E-state index in [2.05, 4.69) is 43.6 Å². The smallest absolute Gasteiger partial charge is 0.326 e. The molecule has 0 spiro atoms. The number of aromatic nitrogens is 7. The quantitative estimate of drug-likeness (QED) is 0.428. The van der Waals surface area contributed by atoms with Gasteiger partial charge in [0.05, 0.1) is 13.2 Å². The number of hydrogen-bond acceptors (Lipinski definition) is 11. The van der Waals surface area contributed by atoms with E-state index < -0.39 is 0 Å². The number of hydrogen-bond donors (Lipinski definition) is 0. The number of nitrogens with zero attached hydrogens (tertiary/aromatic N) is 8. The number of carbonyl (C=O) groups excluding carboxylic acids is 1. The minimum absolute atomic E-state index is 0.0175. The molecule has 0 aromatic carbocycles. The van der Waals surface area contributed by atoms with Gasteiger partial charge in [0.25, 0.3) is 0 Å². The lowest BCUT2D eigenvalue weighted by Crippen LogP contribution is -2.48. The van der Waals surface area contributed by atoms with E-state index in [1.165, 1.54) is 11.0 Å². The van der Waals surface area contributed by atoms with Crippen LogP contribution in [0, 0.1) is 0 Å². The zero-order valence-corrected chi connectivity index (χ0v) is 16.3. The molecule has 2 aromatic rings. The van der Waals surface area contributed by atoms with Gasteiger partial charge in [-0.1, -0.05) is 25.3 Å². The molecule has 3 heterocycles. The Morgan fingerprint density at radius 2 is 1.80 bits per heavy atom. The first-order valence-corrected chi connectivity index (χ1v) is 9.14. The maximum absolute atomic E-state index is 12.4. The van der Waals surface area contributed by atoms with Gasteiger partial charge in [-0.3, -0.25) is 4.79 Å². The number of carbonyl (C=O) groups is 1. The average molecular weight is 418 g/mol. The van der Waals surface area contributed by atoms with Crippen LogP contribution < -0.4 is 14.2 Å². The van der Waals surface area contributed by atoms with Crippen molar-refractivity contribution in [3.8, 4) is 18.0 Å². The summed E-state index contributed by atoms with van der Waals surface area (Å²) in [4.78, 5) is 26.3. The molecule has 0 radical (unpaired) electrons. The molecule has 1 fully saturated rings. The Bertz CT molecular complexity index is 816. The molecule has 3 rings (SSSR count). The third kappa shape index (κ3) is 6.20. The Kier molecular flexibility index (Phi) is 7.60. The topological polar surface area (TPSA) is 140 Å². The SMILES string of the molecule is C=CCOc1nc(OCC=C)nc(OCC2CN(C(=O)Cn3cnnn3)CCO2)n1. The fourth-order valence-electron chi connectivity index (χ4n) is 2.49. The molecule has 0 N–H and O–H groups in total. The molecule has 13 nitrogen and oxygen atoms in total. The lowest BCUT2D eigenvalue weighted by atomic mass is 10.3. The highest BCUT2D eigenvalue weighted by Gasteiger charge is 2.25. The molecule has 1 atom stereocenters. The van der Waals surface area contributed by atoms with Crippen molar-refractivity contribution in [3.05, 3.63) is 31.6 Å². The van der Waals surface area contributed by atoms with Crippen molar-refractivity contribution in [1.29, 1.82) is 0 Å². The van der Waals surface area contributed by atoms with Crippen LogP contribution in [0.1, 0.15) is 0 Å². The second kappa shape index (κ2) is 10.8. The highest BCUT2D eigenvalue weighted by atomic mass is 16.6. The van der Waals surface area contributed by atoms with Crippen LogP contribution in [-0.4, -0.2) is 91.6 Å². The first-order chi connectivity index (χ1) is 14.7. The van der Waals surface area contributed by atoms with Gasteiger partial charge < -0.3 is 23.8 Å². The average Bonchev–Trinajstić information content (AvgIpc) is 3.28. The first kappa shape index (κ1) is 21.1. The summed E-state index contributed by atoms with van der Waals surface area (Å²) in [5, 5.41) is 10.7. The molecule has 1 amide bonds. The van der Waals surface area contributed by atoms with Crippen LogP contribution >= 0.6 is 0 Å². The van der Waals surface area contributed by atoms with Crippen LogP contribution in [0.5, 0.6) is 18.0 Å². The standard InChI is InChI=1S/C17H22N8O5/c1-3-6-28-15-19-16(29-7-4-2)21-17(20-15)30-11-13-9-24(5-8-27-13)14(26)10-25-12-18-22-23-25/h3-4,12-13H,1-2,5-11H2. The summed E-state index contributed by atoms with van der Waals surface area (Å²) in [6.45, 7) is 8.99. The molecule has 2 aromatic heterocycles. The lowest BCUT2D eigenvalue weighted by Gasteiger charge is -2.32. The summed E-state index contributed by atoms with van der Waals surface area (Å²) < 4.78 is 23.4. The Hall–Kier alpha value is -3.61. The molecular weight excluding hydrogens is 396 g/mol. The molecule has 160 valence electrons. The van der Waals surface area contributed by atoms with E-state index in [1.807, 2.05) is 0 Å². The summed E-state index contributed by atoms with van der Waals surface area (Å²) in [6.07, 6.45) is 4.15. The van der Waals surface area contributed by atoms with E-state index in [1.54, 1.807) is 17.1 Å². The number of rotatable bonds is 11. The van der Waals surface area contributed by atoms with Gasteiger partial charge in [-0.2, -0.15) is 0 Å². The zero-order chi connectivity index (χ0) is 21.2. The van der Waals surface area contributed by atoms with Gasteiger partial charge >= 0.3 is 18.0 Å². The number of amides is 1. The minimum atomic E-state index is -0.358. The Morgan fingerprint density at radius 1 is 1.13 bits per heavy atom. The molecule has 0 aliphatic carbocycles. The van der Waals surface area contributed by atoms with E-state index in [0.717, 1.165) is 0 Å². The summed E-state index contributed by atoms with van der Waals surface area (Å²) in [5.41, 5.74) is 0. The van der Waals surface area contributed by atoms with Crippen LogP contribution in [0.4, 0.5) is 0 Å². The highest BCUT2D eigenvalue weighted by Crippen LogP contribution is 2.16. The van der Waals surface area contributed by atoms with E-state index in [9.17, 15) is 4.79 Å². The fourth-order valence-corrected chi connectivity index (χ4v) is 2.49. The molecule has 30 heavy (non-hydrogen) atoms. The van der Waals surface area contributed by atoms with Crippen molar-refractivity contribution in [1.82, 2.24) is 40.1 Å². The predicted octanol–water partition coefficient (Wildman–Crippen LogP) is -0.706. The van der Waals surface area contributed by atoms with E-state index in [0.29, 0.717) is 19.7 Å². The summed E-state index contributed by atoms with van der Waals surface area (Å²) >= 11 is 0. The number of morpholine rings is 1. The zero-order valence-electron chi connectivity index (χ0n) is 16.3. The normalized spacial score (nSPS) is 16.0. The second-order valence-corrected chi connectivity index (χ2v) is 6.03. The predicted molar refractivity (Wildman–Crippen MR) is 101 cm³/mol. The van der Waals surface area contributed by atoms with Crippen molar-refractivity contribution >= 4 is 5.91 Å². The van der Waals surface area contributed by atoms with Crippen LogP contribution in [0.2, 0.25) is 0 Å². The van der Waals surface area contributed by atoms with Crippen LogP contribution in [0.3, 0.4) is 0 Å². The van der Waals surface area contributed by atoms with Crippen molar-refractivity contribution in [2.45, 2.75) is 12.6 Å². The monoisotopic (exact) mass is 418 g/mol. The van der Waals surface area contributed by atoms with E-state index in [-0.39, 0.29) is 56.4 Å². The van der Waals surface area contributed by atoms with Gasteiger partial charge in [-0.05, 0) is 10.4 Å². The van der Waals surface area contributed by atoms with Crippen LogP contribution in [0.25, 0.3) is 0 Å². The maximum atomic E-state index is 12.4. The van der Waals surface area contributed by atoms with Crippen molar-refractivity contribution in [2.75, 3.05) is 39.5 Å². The molecular formula is C17H22N8O5. The molecule has 1 saturated heterocycles. The highest BCUT2D eigenvalue weighted by molar-refractivity contribution is 5.76. The Balaban J connectivity index is 1.57. The number of tetrazole rings is 1. The van der Waals surface area contributed by atoms with Crippen LogP contribution in [-0.2, 0) is 16.1 Å². The van der Waals surface area contributed by atoms with Gasteiger partial charge in [0.15, 0.2) is 0 Å². The Morgan fingerprint density at radius 3 is 2.40 bits per heavy atom. The van der Waals surface area contributed by atoms with E-state index >= 15 is 0 Å². The number of ether oxygens (including phenoxy) is 4. The minimum Gasteiger partial charge on any atom is -0.460 e. The second-order valence-electron chi connectivity index (χ2n) is 6.03. The summed E-state index contributed by atoms with van der Waals surface area (Å²) in [5.74, 6) is -0.115. The maximum Gasteiger partial charge on any atom is 0.326 e. The molecule has 13 heteroatoms. The molecule has 1 aliphatic heterocycles. The van der Waals surface area contributed by atoms with Gasteiger partial charge in [0.2, 0.25) is 5.91 Å². The van der Waals surface area contributed by atoms with Crippen molar-refractivity contribution < 1.29 is 23.7 Å². The molecule has 1 unspecified atom stereocenters. The largest absolute Gasteiger partial charge is 0.460 e. The summed E-state index contributed by atoms with van der Waals surface area (Å²) in [7, 11) is 0. The van der Waals surface area contributed by atoms with Crippen molar-refractivity contribution in [3.63, 3.8) is 0 Å². The van der Waals surface area contributed by atoms with E-state index in [4.69, 9.17) is 18.9 Å². The molecule has 0 saturated carbocycles. The molecule has 0 bridgehead atoms. The van der Waals surface area contributed by atoms with Gasteiger partial charge in [-0.25, -0.2) is 4.68 Å². The van der Waals surface area contributed by atoms with Gasteiger partial charge in [0.1, 0.15) is 38.8 Å². The van der Waals surface area contributed by atoms with Gasteiger partial charge in [0, 0.05) is 6.54 Å². The van der Waals surface area contributed by atoms with Crippen LogP contribution in [0.15, 0.2) is 31.6 Å². The first-order valence-electron chi connectivity index (χ1n) is 9.14. The fraction of sp³-hybridized carbons (Fsp3) is 0.471. The van der Waals surface area contributed by atoms with Gasteiger partial charge in [-0.15, -0.1) is 20.1 Å². The Labute approximate surface area is 172 Å². The lowest BCUT2D eigenvalue weighted by molar-refractivity contribution is -0.140. The molecule has 1 aliphatic rings. The third-order valence-electron chi connectivity index (χ3n) is 3.81.